The SMILES string of the molecule is Cc1ccnc([C@@H](N)C(F)(F)F)c1. The molecule has 1 aromatic heterocycles. The van der Waals surface area contributed by atoms with Crippen molar-refractivity contribution >= 4 is 0 Å². The van der Waals surface area contributed by atoms with E-state index in [1.165, 1.54) is 12.3 Å². The van der Waals surface area contributed by atoms with Gasteiger partial charge in [-0.05, 0) is 24.6 Å². The van der Waals surface area contributed by atoms with Crippen molar-refractivity contribution < 1.29 is 13.2 Å². The molecule has 0 fully saturated rings. The molecule has 0 aliphatic heterocycles. The van der Waals surface area contributed by atoms with Crippen LogP contribution in [0.1, 0.15) is 17.3 Å². The molecule has 0 radical (unpaired) electrons. The highest BCUT2D eigenvalue weighted by atomic mass is 19.4. The van der Waals surface area contributed by atoms with Crippen LogP contribution in [0, 0.1) is 6.92 Å². The molecule has 2 nitrogen and oxygen atoms in total. The summed E-state index contributed by atoms with van der Waals surface area (Å²) >= 11 is 0. The number of hydrogen-bond acceptors (Lipinski definition) is 2. The highest BCUT2D eigenvalue weighted by molar-refractivity contribution is 5.17. The normalized spacial score (nSPS) is 14.2. The van der Waals surface area contributed by atoms with Crippen molar-refractivity contribution in [1.29, 1.82) is 0 Å². The third-order valence-corrected chi connectivity index (χ3v) is 1.61. The fourth-order valence-corrected chi connectivity index (χ4v) is 0.897. The second-order valence-electron chi connectivity index (χ2n) is 2.78. The molecular weight excluding hydrogens is 181 g/mol. The van der Waals surface area contributed by atoms with E-state index in [2.05, 4.69) is 4.98 Å². The van der Waals surface area contributed by atoms with Gasteiger partial charge in [-0.3, -0.25) is 4.98 Å². The molecule has 1 rings (SSSR count). The summed E-state index contributed by atoms with van der Waals surface area (Å²) in [5.41, 5.74) is 5.52. The zero-order valence-electron chi connectivity index (χ0n) is 6.97. The van der Waals surface area contributed by atoms with Gasteiger partial charge in [-0.1, -0.05) is 0 Å². The van der Waals surface area contributed by atoms with Crippen molar-refractivity contribution in [3.8, 4) is 0 Å². The quantitative estimate of drug-likeness (QED) is 0.735. The number of alkyl halides is 3. The first-order valence-corrected chi connectivity index (χ1v) is 3.66. The lowest BCUT2D eigenvalue weighted by Crippen LogP contribution is -2.29. The van der Waals surface area contributed by atoms with Crippen molar-refractivity contribution in [2.75, 3.05) is 0 Å². The van der Waals surface area contributed by atoms with Crippen LogP contribution in [0.5, 0.6) is 0 Å². The summed E-state index contributed by atoms with van der Waals surface area (Å²) in [6, 6.07) is 0.956. The van der Waals surface area contributed by atoms with Gasteiger partial charge >= 0.3 is 6.18 Å². The van der Waals surface area contributed by atoms with Gasteiger partial charge in [-0.25, -0.2) is 0 Å². The van der Waals surface area contributed by atoms with Gasteiger partial charge in [-0.15, -0.1) is 0 Å². The zero-order chi connectivity index (χ0) is 10.1. The molecule has 0 unspecified atom stereocenters. The Morgan fingerprint density at radius 2 is 2.08 bits per heavy atom. The Balaban J connectivity index is 2.96. The lowest BCUT2D eigenvalue weighted by atomic mass is 10.1. The summed E-state index contributed by atoms with van der Waals surface area (Å²) < 4.78 is 36.3. The Labute approximate surface area is 73.6 Å². The smallest absolute Gasteiger partial charge is 0.315 e. The Morgan fingerprint density at radius 1 is 1.46 bits per heavy atom. The van der Waals surface area contributed by atoms with E-state index in [1.807, 2.05) is 0 Å². The first-order chi connectivity index (χ1) is 5.91. The summed E-state index contributed by atoms with van der Waals surface area (Å²) in [6.07, 6.45) is -3.11. The summed E-state index contributed by atoms with van der Waals surface area (Å²) in [6.45, 7) is 1.69. The minimum Gasteiger partial charge on any atom is -0.315 e. The number of aryl methyl sites for hydroxylation is 1. The third-order valence-electron chi connectivity index (χ3n) is 1.61. The van der Waals surface area contributed by atoms with Gasteiger partial charge in [0.05, 0.1) is 5.69 Å². The lowest BCUT2D eigenvalue weighted by molar-refractivity contribution is -0.150. The maximum absolute atomic E-state index is 12.1. The molecule has 1 atom stereocenters. The molecule has 1 aromatic rings. The standard InChI is InChI=1S/C8H9F3N2/c1-5-2-3-13-6(4-5)7(12)8(9,10)11/h2-4,7H,12H2,1H3/t7-/m1/s1. The Kier molecular flexibility index (Phi) is 2.56. The Bertz CT molecular complexity index is 296. The average molecular weight is 190 g/mol. The molecule has 2 N–H and O–H groups in total. The number of rotatable bonds is 1. The molecule has 0 amide bonds. The van der Waals surface area contributed by atoms with Crippen LogP contribution in [-0.4, -0.2) is 11.2 Å². The fraction of sp³-hybridized carbons (Fsp3) is 0.375. The third kappa shape index (κ3) is 2.42. The number of aromatic nitrogens is 1. The van der Waals surface area contributed by atoms with Gasteiger partial charge in [0.2, 0.25) is 0 Å². The van der Waals surface area contributed by atoms with E-state index >= 15 is 0 Å². The van der Waals surface area contributed by atoms with Crippen LogP contribution in [0.25, 0.3) is 0 Å². The number of nitrogens with two attached hydrogens (primary N) is 1. The van der Waals surface area contributed by atoms with E-state index in [0.717, 1.165) is 0 Å². The predicted molar refractivity (Wildman–Crippen MR) is 42.0 cm³/mol. The summed E-state index contributed by atoms with van der Waals surface area (Å²) in [5.74, 6) is 0. The van der Waals surface area contributed by atoms with Crippen LogP contribution in [-0.2, 0) is 0 Å². The first kappa shape index (κ1) is 9.98. The Morgan fingerprint density at radius 3 is 2.54 bits per heavy atom. The maximum Gasteiger partial charge on any atom is 0.409 e. The van der Waals surface area contributed by atoms with Gasteiger partial charge in [-0.2, -0.15) is 13.2 Å². The molecule has 0 aromatic carbocycles. The van der Waals surface area contributed by atoms with Gasteiger partial charge in [0.15, 0.2) is 0 Å². The Hall–Kier alpha value is -1.10. The maximum atomic E-state index is 12.1. The summed E-state index contributed by atoms with van der Waals surface area (Å²) in [5, 5.41) is 0. The number of halogens is 3. The topological polar surface area (TPSA) is 38.9 Å². The number of pyridine rings is 1. The van der Waals surface area contributed by atoms with E-state index in [9.17, 15) is 13.2 Å². The van der Waals surface area contributed by atoms with Gasteiger partial charge in [0, 0.05) is 6.20 Å². The van der Waals surface area contributed by atoms with E-state index in [-0.39, 0.29) is 5.69 Å². The second kappa shape index (κ2) is 3.33. The van der Waals surface area contributed by atoms with Gasteiger partial charge in [0.25, 0.3) is 0 Å². The fourth-order valence-electron chi connectivity index (χ4n) is 0.897. The van der Waals surface area contributed by atoms with Crippen molar-refractivity contribution in [3.05, 3.63) is 29.6 Å². The van der Waals surface area contributed by atoms with E-state index in [4.69, 9.17) is 5.73 Å². The largest absolute Gasteiger partial charge is 0.409 e. The second-order valence-corrected chi connectivity index (χ2v) is 2.78. The van der Waals surface area contributed by atoms with Crippen molar-refractivity contribution in [2.24, 2.45) is 5.73 Å². The molecule has 1 heterocycles. The molecule has 0 spiro atoms. The molecule has 0 bridgehead atoms. The molecule has 0 aliphatic carbocycles. The van der Waals surface area contributed by atoms with Gasteiger partial charge in [0.1, 0.15) is 6.04 Å². The van der Waals surface area contributed by atoms with Crippen LogP contribution in [0.2, 0.25) is 0 Å². The number of nitrogens with zero attached hydrogens (tertiary/aromatic N) is 1. The van der Waals surface area contributed by atoms with E-state index in [1.54, 1.807) is 13.0 Å². The zero-order valence-corrected chi connectivity index (χ0v) is 6.97. The summed E-state index contributed by atoms with van der Waals surface area (Å²) in [4.78, 5) is 3.56. The number of hydrogen-bond donors (Lipinski definition) is 1. The molecule has 72 valence electrons. The molecule has 5 heteroatoms. The molecular formula is C8H9F3N2. The molecule has 0 saturated carbocycles. The minimum atomic E-state index is -4.43. The highest BCUT2D eigenvalue weighted by Crippen LogP contribution is 2.29. The van der Waals surface area contributed by atoms with Crippen LogP contribution in [0.15, 0.2) is 18.3 Å². The highest BCUT2D eigenvalue weighted by Gasteiger charge is 2.38. The lowest BCUT2D eigenvalue weighted by Gasteiger charge is -2.14. The van der Waals surface area contributed by atoms with Crippen molar-refractivity contribution in [2.45, 2.75) is 19.1 Å². The monoisotopic (exact) mass is 190 g/mol. The minimum absolute atomic E-state index is 0.146. The van der Waals surface area contributed by atoms with E-state index < -0.39 is 12.2 Å². The summed E-state index contributed by atoms with van der Waals surface area (Å²) in [7, 11) is 0. The van der Waals surface area contributed by atoms with Crippen LogP contribution >= 0.6 is 0 Å². The van der Waals surface area contributed by atoms with Crippen LogP contribution < -0.4 is 5.73 Å². The molecule has 13 heavy (non-hydrogen) atoms. The first-order valence-electron chi connectivity index (χ1n) is 3.66. The van der Waals surface area contributed by atoms with Crippen molar-refractivity contribution in [3.63, 3.8) is 0 Å². The van der Waals surface area contributed by atoms with Gasteiger partial charge < -0.3 is 5.73 Å². The molecule has 0 saturated heterocycles. The van der Waals surface area contributed by atoms with E-state index in [0.29, 0.717) is 5.56 Å². The van der Waals surface area contributed by atoms with Crippen LogP contribution in [0.4, 0.5) is 13.2 Å². The van der Waals surface area contributed by atoms with Crippen LogP contribution in [0.3, 0.4) is 0 Å². The average Bonchev–Trinajstić information content (AvgIpc) is 2.01. The molecule has 0 aliphatic rings. The van der Waals surface area contributed by atoms with Crippen molar-refractivity contribution in [1.82, 2.24) is 4.98 Å². The predicted octanol–water partition coefficient (Wildman–Crippen LogP) is 1.95.